The molecule has 4 aromatic carbocycles. The van der Waals surface area contributed by atoms with Crippen LogP contribution in [0.25, 0.3) is 33.5 Å². The van der Waals surface area contributed by atoms with Gasteiger partial charge in [0.2, 0.25) is 0 Å². The van der Waals surface area contributed by atoms with Gasteiger partial charge in [0.25, 0.3) is 0 Å². The third kappa shape index (κ3) is 6.34. The number of hydrogen-bond donors (Lipinski definition) is 1. The number of carbonyl (C=O) groups is 1. The molecule has 0 bridgehead atoms. The van der Waals surface area contributed by atoms with Crippen LogP contribution in [0.4, 0.5) is 0 Å². The van der Waals surface area contributed by atoms with Gasteiger partial charge < -0.3 is 14.4 Å². The zero-order chi connectivity index (χ0) is 30.1. The topological polar surface area (TPSA) is 98.5 Å². The maximum Gasteiger partial charge on any atom is 0.335 e. The summed E-state index contributed by atoms with van der Waals surface area (Å²) in [5.74, 6) is -0.0127. The van der Waals surface area contributed by atoms with E-state index in [-0.39, 0.29) is 34.7 Å². The number of fused-ring (bicyclic) bond motifs is 1. The van der Waals surface area contributed by atoms with Crippen molar-refractivity contribution in [2.45, 2.75) is 48.8 Å². The van der Waals surface area contributed by atoms with Crippen LogP contribution in [0.15, 0.2) is 89.8 Å². The molecular formula is C34H32Cl2N2O5S. The molecule has 44 heavy (non-hydrogen) atoms. The van der Waals surface area contributed by atoms with E-state index in [1.807, 2.05) is 30.3 Å². The lowest BCUT2D eigenvalue weighted by Crippen LogP contribution is -2.14. The first-order chi connectivity index (χ1) is 20.7. The molecule has 0 saturated heterocycles. The highest BCUT2D eigenvalue weighted by molar-refractivity contribution is 7.90. The van der Waals surface area contributed by atoms with Gasteiger partial charge in [0.05, 0.1) is 34.4 Å². The first-order valence-corrected chi connectivity index (χ1v) is 16.3. The predicted molar refractivity (Wildman–Crippen MR) is 176 cm³/mol. The number of rotatable bonds is 8. The Morgan fingerprint density at radius 2 is 1.57 bits per heavy atom. The fourth-order valence-corrected chi connectivity index (χ4v) is 7.44. The van der Waals surface area contributed by atoms with E-state index >= 15 is 0 Å². The number of ether oxygens (including phenoxy) is 1. The van der Waals surface area contributed by atoms with E-state index in [2.05, 4.69) is 4.57 Å². The molecule has 228 valence electrons. The van der Waals surface area contributed by atoms with Gasteiger partial charge >= 0.3 is 5.97 Å². The number of carboxylic acids is 1. The van der Waals surface area contributed by atoms with Gasteiger partial charge in [-0.3, -0.25) is 0 Å². The second kappa shape index (κ2) is 13.0. The van der Waals surface area contributed by atoms with Crippen LogP contribution in [-0.4, -0.2) is 36.2 Å². The van der Waals surface area contributed by atoms with Crippen molar-refractivity contribution < 1.29 is 23.1 Å². The molecule has 10 heteroatoms. The Morgan fingerprint density at radius 3 is 2.23 bits per heavy atom. The van der Waals surface area contributed by atoms with Crippen molar-refractivity contribution in [3.63, 3.8) is 0 Å². The molecule has 1 aromatic heterocycles. The number of aromatic nitrogens is 2. The third-order valence-corrected chi connectivity index (χ3v) is 10.1. The summed E-state index contributed by atoms with van der Waals surface area (Å²) < 4.78 is 34.9. The van der Waals surface area contributed by atoms with Crippen molar-refractivity contribution in [2.75, 3.05) is 7.11 Å². The smallest absolute Gasteiger partial charge is 0.335 e. The molecule has 1 N–H and O–H groups in total. The van der Waals surface area contributed by atoms with Gasteiger partial charge in [-0.15, -0.1) is 12.4 Å². The molecule has 5 aromatic rings. The number of halogens is 2. The average molecular weight is 652 g/mol. The molecule has 1 fully saturated rings. The summed E-state index contributed by atoms with van der Waals surface area (Å²) in [6.07, 6.45) is 5.47. The minimum Gasteiger partial charge on any atom is -0.496 e. The van der Waals surface area contributed by atoms with Crippen molar-refractivity contribution in [2.24, 2.45) is 0 Å². The van der Waals surface area contributed by atoms with Crippen molar-refractivity contribution in [1.82, 2.24) is 9.55 Å². The van der Waals surface area contributed by atoms with Crippen molar-refractivity contribution in [1.29, 1.82) is 0 Å². The Kier molecular flexibility index (Phi) is 9.34. The normalized spacial score (nSPS) is 13.9. The number of sulfone groups is 1. The van der Waals surface area contributed by atoms with E-state index in [1.165, 1.54) is 13.5 Å². The number of imidazole rings is 1. The molecule has 1 heterocycles. The molecule has 1 aliphatic carbocycles. The fraction of sp³-hybridized carbons (Fsp3) is 0.235. The first kappa shape index (κ1) is 31.6. The molecule has 6 rings (SSSR count). The average Bonchev–Trinajstić information content (AvgIpc) is 3.40. The maximum atomic E-state index is 13.6. The Balaban J connectivity index is 0.00000384. The summed E-state index contributed by atoms with van der Waals surface area (Å²) in [5, 5.41) is 10.1. The zero-order valence-corrected chi connectivity index (χ0v) is 26.5. The van der Waals surface area contributed by atoms with Gasteiger partial charge in [-0.25, -0.2) is 18.2 Å². The van der Waals surface area contributed by atoms with Crippen LogP contribution in [-0.2, 0) is 15.6 Å². The van der Waals surface area contributed by atoms with Gasteiger partial charge in [-0.2, -0.15) is 0 Å². The van der Waals surface area contributed by atoms with Crippen LogP contribution < -0.4 is 4.74 Å². The molecule has 0 aliphatic heterocycles. The SMILES string of the molecule is COc1ccc(-c2ccc(Cl)cc2)cc1CS(=O)(=O)c1ccc(-c2nc3cc(C(=O)O)ccc3n2C2CCCCC2)cc1.Cl. The lowest BCUT2D eigenvalue weighted by molar-refractivity contribution is 0.0697. The van der Waals surface area contributed by atoms with Crippen LogP contribution >= 0.6 is 24.0 Å². The Bertz CT molecular complexity index is 1910. The highest BCUT2D eigenvalue weighted by Crippen LogP contribution is 2.37. The van der Waals surface area contributed by atoms with E-state index in [0.717, 1.165) is 47.9 Å². The van der Waals surface area contributed by atoms with Crippen LogP contribution in [0.2, 0.25) is 5.02 Å². The minimum atomic E-state index is -3.71. The summed E-state index contributed by atoms with van der Waals surface area (Å²) in [4.78, 5) is 16.7. The number of nitrogens with zero attached hydrogens (tertiary/aromatic N) is 2. The molecule has 1 aliphatic rings. The second-order valence-electron chi connectivity index (χ2n) is 10.9. The van der Waals surface area contributed by atoms with Crippen LogP contribution in [0.3, 0.4) is 0 Å². The van der Waals surface area contributed by atoms with E-state index in [9.17, 15) is 18.3 Å². The summed E-state index contributed by atoms with van der Waals surface area (Å²) in [7, 11) is -2.19. The third-order valence-electron chi connectivity index (χ3n) is 8.15. The molecule has 0 radical (unpaired) electrons. The fourth-order valence-electron chi connectivity index (χ4n) is 5.96. The summed E-state index contributed by atoms with van der Waals surface area (Å²) in [6.45, 7) is 0. The zero-order valence-electron chi connectivity index (χ0n) is 24.1. The summed E-state index contributed by atoms with van der Waals surface area (Å²) in [6, 6.07) is 25.0. The summed E-state index contributed by atoms with van der Waals surface area (Å²) in [5.41, 5.74) is 4.81. The quantitative estimate of drug-likeness (QED) is 0.180. The number of benzene rings is 4. The number of carboxylic acid groups (broad SMARTS) is 1. The van der Waals surface area contributed by atoms with Gasteiger partial charge in [0.1, 0.15) is 11.6 Å². The van der Waals surface area contributed by atoms with Crippen molar-refractivity contribution in [3.8, 4) is 28.3 Å². The van der Waals surface area contributed by atoms with E-state index in [4.69, 9.17) is 21.3 Å². The lowest BCUT2D eigenvalue weighted by atomic mass is 9.95. The van der Waals surface area contributed by atoms with Crippen LogP contribution in [0.5, 0.6) is 5.75 Å². The van der Waals surface area contributed by atoms with Crippen LogP contribution in [0, 0.1) is 0 Å². The molecule has 1 saturated carbocycles. The standard InChI is InChI=1S/C34H31ClN2O5S.ClH/c1-42-32-18-12-24(22-7-13-27(35)14-8-22)19-26(32)21-43(40,41)29-15-9-23(10-16-29)33-36-30-20-25(34(38)39)11-17-31(30)37(33)28-5-3-2-4-6-28;/h7-20,28H,2-6,21H2,1H3,(H,38,39);1H. The van der Waals surface area contributed by atoms with Gasteiger partial charge in [-0.05, 0) is 90.7 Å². The Morgan fingerprint density at radius 1 is 0.909 bits per heavy atom. The van der Waals surface area contributed by atoms with Gasteiger partial charge in [0.15, 0.2) is 9.84 Å². The number of hydrogen-bond acceptors (Lipinski definition) is 5. The van der Waals surface area contributed by atoms with Crippen molar-refractivity contribution >= 4 is 50.8 Å². The molecule has 7 nitrogen and oxygen atoms in total. The highest BCUT2D eigenvalue weighted by atomic mass is 35.5. The van der Waals surface area contributed by atoms with Gasteiger partial charge in [0, 0.05) is 22.2 Å². The monoisotopic (exact) mass is 650 g/mol. The molecule has 0 atom stereocenters. The highest BCUT2D eigenvalue weighted by Gasteiger charge is 2.24. The predicted octanol–water partition coefficient (Wildman–Crippen LogP) is 8.63. The minimum absolute atomic E-state index is 0. The van der Waals surface area contributed by atoms with E-state index in [1.54, 1.807) is 54.6 Å². The Labute approximate surface area is 267 Å². The molecule has 0 amide bonds. The second-order valence-corrected chi connectivity index (χ2v) is 13.3. The first-order valence-electron chi connectivity index (χ1n) is 14.2. The number of aromatic carboxylic acids is 1. The largest absolute Gasteiger partial charge is 0.496 e. The maximum absolute atomic E-state index is 13.6. The number of methoxy groups -OCH3 is 1. The Hall–Kier alpha value is -3.85. The molecule has 0 spiro atoms. The summed E-state index contributed by atoms with van der Waals surface area (Å²) >= 11 is 6.04. The van der Waals surface area contributed by atoms with Gasteiger partial charge in [-0.1, -0.05) is 49.1 Å². The van der Waals surface area contributed by atoms with Crippen molar-refractivity contribution in [3.05, 3.63) is 101 Å². The van der Waals surface area contributed by atoms with E-state index < -0.39 is 15.8 Å². The van der Waals surface area contributed by atoms with Crippen LogP contribution in [0.1, 0.15) is 54.1 Å². The molecule has 0 unspecified atom stereocenters. The van der Waals surface area contributed by atoms with E-state index in [0.29, 0.717) is 27.7 Å². The lowest BCUT2D eigenvalue weighted by Gasteiger charge is -2.25. The molecular weight excluding hydrogens is 619 g/mol.